The Bertz CT molecular complexity index is 640. The van der Waals surface area contributed by atoms with E-state index in [4.69, 9.17) is 9.47 Å². The number of nitrogens with one attached hydrogen (secondary N) is 1. The Kier molecular flexibility index (Phi) is 6.86. The van der Waals surface area contributed by atoms with E-state index in [2.05, 4.69) is 58.7 Å². The predicted molar refractivity (Wildman–Crippen MR) is 101 cm³/mol. The van der Waals surface area contributed by atoms with Crippen LogP contribution < -0.4 is 10.1 Å². The molecule has 0 aliphatic carbocycles. The van der Waals surface area contributed by atoms with Crippen LogP contribution in [0.25, 0.3) is 0 Å². The average molecular weight is 340 g/mol. The molecule has 1 fully saturated rings. The van der Waals surface area contributed by atoms with Gasteiger partial charge in [0.15, 0.2) is 0 Å². The molecular weight excluding hydrogens is 312 g/mol. The molecular formula is C21H28N2O2. The number of rotatable bonds is 8. The summed E-state index contributed by atoms with van der Waals surface area (Å²) >= 11 is 0. The van der Waals surface area contributed by atoms with Crippen LogP contribution in [0.15, 0.2) is 48.5 Å². The highest BCUT2D eigenvalue weighted by atomic mass is 16.5. The maximum Gasteiger partial charge on any atom is 0.123 e. The molecule has 1 saturated heterocycles. The number of ether oxygens (including phenoxy) is 2. The van der Waals surface area contributed by atoms with Gasteiger partial charge in [-0.15, -0.1) is 0 Å². The van der Waals surface area contributed by atoms with Gasteiger partial charge in [-0.1, -0.05) is 36.4 Å². The van der Waals surface area contributed by atoms with Crippen LogP contribution in [0.4, 0.5) is 0 Å². The summed E-state index contributed by atoms with van der Waals surface area (Å²) in [7, 11) is 1.75. The van der Waals surface area contributed by atoms with E-state index in [-0.39, 0.29) is 0 Å². The Hall–Kier alpha value is -1.88. The predicted octanol–water partition coefficient (Wildman–Crippen LogP) is 2.86. The van der Waals surface area contributed by atoms with Gasteiger partial charge >= 0.3 is 0 Å². The standard InChI is InChI=1S/C21H28N2O2/c1-24-21-8-7-19(15-20(21)17-23-11-13-25-14-12-23)16-22-10-9-18-5-3-2-4-6-18/h2-8,15,22H,9-14,16-17H2,1H3. The number of methoxy groups -OCH3 is 1. The molecule has 1 heterocycles. The molecule has 3 rings (SSSR count). The molecule has 1 N–H and O–H groups in total. The average Bonchev–Trinajstić information content (AvgIpc) is 2.67. The molecule has 0 amide bonds. The minimum atomic E-state index is 0.822. The first kappa shape index (κ1) is 17.9. The Morgan fingerprint density at radius 1 is 1.04 bits per heavy atom. The first-order valence-electron chi connectivity index (χ1n) is 9.05. The van der Waals surface area contributed by atoms with E-state index in [0.29, 0.717) is 0 Å². The maximum absolute atomic E-state index is 5.55. The van der Waals surface area contributed by atoms with Crippen LogP contribution in [0.3, 0.4) is 0 Å². The van der Waals surface area contributed by atoms with E-state index in [1.807, 2.05) is 0 Å². The summed E-state index contributed by atoms with van der Waals surface area (Å²) in [6.45, 7) is 6.41. The van der Waals surface area contributed by atoms with E-state index >= 15 is 0 Å². The third kappa shape index (κ3) is 5.56. The molecule has 2 aromatic carbocycles. The van der Waals surface area contributed by atoms with Crippen molar-refractivity contribution < 1.29 is 9.47 Å². The van der Waals surface area contributed by atoms with Gasteiger partial charge in [0.05, 0.1) is 20.3 Å². The van der Waals surface area contributed by atoms with Crippen LogP contribution in [0.1, 0.15) is 16.7 Å². The molecule has 4 nitrogen and oxygen atoms in total. The lowest BCUT2D eigenvalue weighted by Gasteiger charge is -2.27. The molecule has 0 saturated carbocycles. The molecule has 25 heavy (non-hydrogen) atoms. The summed E-state index contributed by atoms with van der Waals surface area (Å²) in [4.78, 5) is 2.42. The van der Waals surface area contributed by atoms with Gasteiger partial charge in [-0.25, -0.2) is 0 Å². The molecule has 134 valence electrons. The van der Waals surface area contributed by atoms with Gasteiger partial charge in [0.2, 0.25) is 0 Å². The Balaban J connectivity index is 1.53. The van der Waals surface area contributed by atoms with E-state index in [9.17, 15) is 0 Å². The zero-order chi connectivity index (χ0) is 17.3. The summed E-state index contributed by atoms with van der Waals surface area (Å²) in [6, 6.07) is 17.1. The molecule has 0 aromatic heterocycles. The van der Waals surface area contributed by atoms with Gasteiger partial charge in [0.25, 0.3) is 0 Å². The van der Waals surface area contributed by atoms with Crippen LogP contribution in [0.5, 0.6) is 5.75 Å². The lowest BCUT2D eigenvalue weighted by molar-refractivity contribution is 0.0339. The molecule has 0 spiro atoms. The van der Waals surface area contributed by atoms with Crippen molar-refractivity contribution in [2.45, 2.75) is 19.5 Å². The van der Waals surface area contributed by atoms with Crippen molar-refractivity contribution in [1.29, 1.82) is 0 Å². The highest BCUT2D eigenvalue weighted by Crippen LogP contribution is 2.22. The smallest absolute Gasteiger partial charge is 0.123 e. The van der Waals surface area contributed by atoms with Gasteiger partial charge in [-0.05, 0) is 36.2 Å². The monoisotopic (exact) mass is 340 g/mol. The fourth-order valence-corrected chi connectivity index (χ4v) is 3.18. The van der Waals surface area contributed by atoms with E-state index in [0.717, 1.165) is 58.1 Å². The minimum absolute atomic E-state index is 0.822. The highest BCUT2D eigenvalue weighted by molar-refractivity contribution is 5.37. The number of morpholine rings is 1. The fourth-order valence-electron chi connectivity index (χ4n) is 3.18. The maximum atomic E-state index is 5.55. The molecule has 0 bridgehead atoms. The number of benzene rings is 2. The van der Waals surface area contributed by atoms with E-state index < -0.39 is 0 Å². The second-order valence-corrected chi connectivity index (χ2v) is 6.45. The van der Waals surface area contributed by atoms with Crippen LogP contribution in [-0.2, 0) is 24.2 Å². The van der Waals surface area contributed by atoms with Gasteiger partial charge in [0.1, 0.15) is 5.75 Å². The third-order valence-corrected chi connectivity index (χ3v) is 4.60. The van der Waals surface area contributed by atoms with Crippen molar-refractivity contribution in [3.8, 4) is 5.75 Å². The van der Waals surface area contributed by atoms with Crippen molar-refractivity contribution in [1.82, 2.24) is 10.2 Å². The number of nitrogens with zero attached hydrogens (tertiary/aromatic N) is 1. The summed E-state index contributed by atoms with van der Waals surface area (Å²) < 4.78 is 11.0. The molecule has 0 unspecified atom stereocenters. The second-order valence-electron chi connectivity index (χ2n) is 6.45. The van der Waals surface area contributed by atoms with Gasteiger partial charge < -0.3 is 14.8 Å². The second kappa shape index (κ2) is 9.56. The molecule has 1 aliphatic rings. The van der Waals surface area contributed by atoms with E-state index in [1.165, 1.54) is 16.7 Å². The summed E-state index contributed by atoms with van der Waals surface area (Å²) in [5.41, 5.74) is 3.93. The van der Waals surface area contributed by atoms with Crippen LogP contribution >= 0.6 is 0 Å². The molecule has 0 radical (unpaired) electrons. The Labute approximate surface area is 150 Å². The zero-order valence-corrected chi connectivity index (χ0v) is 15.0. The third-order valence-electron chi connectivity index (χ3n) is 4.60. The highest BCUT2D eigenvalue weighted by Gasteiger charge is 2.13. The van der Waals surface area contributed by atoms with Crippen molar-refractivity contribution in [2.75, 3.05) is 40.0 Å². The van der Waals surface area contributed by atoms with Crippen molar-refractivity contribution in [2.24, 2.45) is 0 Å². The molecule has 4 heteroatoms. The topological polar surface area (TPSA) is 33.7 Å². The van der Waals surface area contributed by atoms with Gasteiger partial charge in [0, 0.05) is 31.7 Å². The molecule has 2 aromatic rings. The Morgan fingerprint density at radius 3 is 2.60 bits per heavy atom. The van der Waals surface area contributed by atoms with Crippen LogP contribution in [-0.4, -0.2) is 44.9 Å². The summed E-state index contributed by atoms with van der Waals surface area (Å²) in [5.74, 6) is 0.972. The SMILES string of the molecule is COc1ccc(CNCCc2ccccc2)cc1CN1CCOCC1. The van der Waals surface area contributed by atoms with E-state index in [1.54, 1.807) is 7.11 Å². The summed E-state index contributed by atoms with van der Waals surface area (Å²) in [5, 5.41) is 3.54. The first-order valence-corrected chi connectivity index (χ1v) is 9.05. The lowest BCUT2D eigenvalue weighted by Crippen LogP contribution is -2.35. The van der Waals surface area contributed by atoms with Crippen LogP contribution in [0, 0.1) is 0 Å². The quantitative estimate of drug-likeness (QED) is 0.749. The number of hydrogen-bond acceptors (Lipinski definition) is 4. The lowest BCUT2D eigenvalue weighted by atomic mass is 10.1. The van der Waals surface area contributed by atoms with Gasteiger partial charge in [-0.2, -0.15) is 0 Å². The zero-order valence-electron chi connectivity index (χ0n) is 15.0. The molecule has 1 aliphatic heterocycles. The van der Waals surface area contributed by atoms with Crippen molar-refractivity contribution in [3.05, 3.63) is 65.2 Å². The van der Waals surface area contributed by atoms with Crippen molar-refractivity contribution >= 4 is 0 Å². The molecule has 0 atom stereocenters. The van der Waals surface area contributed by atoms with Gasteiger partial charge in [-0.3, -0.25) is 4.90 Å². The fraction of sp³-hybridized carbons (Fsp3) is 0.429. The normalized spacial score (nSPS) is 15.2. The first-order chi connectivity index (χ1) is 12.3. The minimum Gasteiger partial charge on any atom is -0.496 e. The Morgan fingerprint density at radius 2 is 1.84 bits per heavy atom. The summed E-state index contributed by atoms with van der Waals surface area (Å²) in [6.07, 6.45) is 1.05. The number of hydrogen-bond donors (Lipinski definition) is 1. The van der Waals surface area contributed by atoms with Crippen LogP contribution in [0.2, 0.25) is 0 Å². The van der Waals surface area contributed by atoms with Crippen molar-refractivity contribution in [3.63, 3.8) is 0 Å². The largest absolute Gasteiger partial charge is 0.496 e.